The molecule has 3 aromatic carbocycles. The maximum atomic E-state index is 13.3. The van der Waals surface area contributed by atoms with E-state index < -0.39 is 27.9 Å². The van der Waals surface area contributed by atoms with E-state index in [1.54, 1.807) is 24.4 Å². The number of rotatable bonds is 11. The first-order valence-electron chi connectivity index (χ1n) is 11.7. The van der Waals surface area contributed by atoms with Crippen LogP contribution >= 0.6 is 0 Å². The first-order valence-corrected chi connectivity index (χ1v) is 13.2. The average Bonchev–Trinajstić information content (AvgIpc) is 2.90. The van der Waals surface area contributed by atoms with Crippen LogP contribution in [0.5, 0.6) is 5.75 Å². The van der Waals surface area contributed by atoms with E-state index in [1.807, 2.05) is 30.3 Å². The van der Waals surface area contributed by atoms with Crippen molar-refractivity contribution in [2.24, 2.45) is 0 Å². The van der Waals surface area contributed by atoms with E-state index in [4.69, 9.17) is 9.47 Å². The number of amides is 1. The largest absolute Gasteiger partial charge is 0.488 e. The molecule has 0 radical (unpaired) electrons. The topological polar surface area (TPSA) is 98.8 Å². The van der Waals surface area contributed by atoms with Gasteiger partial charge in [-0.15, -0.1) is 0 Å². The fraction of sp³-hybridized carbons (Fsp3) is 0.259. The molecule has 0 atom stereocenters. The maximum absolute atomic E-state index is 13.3. The Balaban J connectivity index is 1.74. The second kappa shape index (κ2) is 12.6. The Labute approximate surface area is 218 Å². The molecule has 38 heavy (non-hydrogen) atoms. The van der Waals surface area contributed by atoms with E-state index in [9.17, 15) is 31.2 Å². The molecule has 0 heterocycles. The fourth-order valence-corrected chi connectivity index (χ4v) is 4.76. The molecule has 0 unspecified atom stereocenters. The van der Waals surface area contributed by atoms with Gasteiger partial charge in [0, 0.05) is 6.54 Å². The minimum atomic E-state index is -4.94. The molecule has 0 aliphatic carbocycles. The Hall–Kier alpha value is -3.86. The monoisotopic (exact) mass is 549 g/mol. The van der Waals surface area contributed by atoms with Gasteiger partial charge in [0.1, 0.15) is 17.9 Å². The van der Waals surface area contributed by atoms with Crippen molar-refractivity contribution in [3.05, 3.63) is 89.5 Å². The highest BCUT2D eigenvalue weighted by atomic mass is 32.2. The Morgan fingerprint density at radius 2 is 1.55 bits per heavy atom. The molecule has 0 aliphatic rings. The molecule has 1 N–H and O–H groups in total. The molecule has 3 rings (SSSR count). The molecule has 0 saturated carbocycles. The summed E-state index contributed by atoms with van der Waals surface area (Å²) in [5, 5.41) is 1.79. The number of alkyl halides is 3. The molecule has 0 spiro atoms. The second-order valence-corrected chi connectivity index (χ2v) is 10.1. The van der Waals surface area contributed by atoms with Crippen molar-refractivity contribution in [1.29, 1.82) is 0 Å². The van der Waals surface area contributed by atoms with Gasteiger partial charge in [0.05, 0.1) is 16.4 Å². The zero-order valence-corrected chi connectivity index (χ0v) is 21.3. The van der Waals surface area contributed by atoms with Crippen LogP contribution in [0.1, 0.15) is 34.8 Å². The van der Waals surface area contributed by atoms with Crippen molar-refractivity contribution in [3.63, 3.8) is 0 Å². The standard InChI is InChI=1S/C27H26F3NO6S/c1-2-36-25(32)23-17-22(14-15-24(23)37-18-20-7-4-3-5-8-20)38(34,35)21-12-10-19(11-13-21)9-6-16-31-26(33)27(28,29)30/h3-5,7-8,10-15,17H,2,6,9,16,18H2,1H3,(H,31,33). The lowest BCUT2D eigenvalue weighted by Gasteiger charge is -2.13. The third-order valence-electron chi connectivity index (χ3n) is 5.41. The van der Waals surface area contributed by atoms with Crippen LogP contribution in [0.25, 0.3) is 0 Å². The molecule has 0 aliphatic heterocycles. The van der Waals surface area contributed by atoms with Crippen LogP contribution in [0, 0.1) is 0 Å². The predicted octanol–water partition coefficient (Wildman–Crippen LogP) is 4.89. The highest BCUT2D eigenvalue weighted by molar-refractivity contribution is 7.91. The van der Waals surface area contributed by atoms with Crippen molar-refractivity contribution in [3.8, 4) is 5.75 Å². The third-order valence-corrected chi connectivity index (χ3v) is 7.18. The molecule has 202 valence electrons. The summed E-state index contributed by atoms with van der Waals surface area (Å²) in [6.07, 6.45) is -4.37. The minimum absolute atomic E-state index is 0.0265. The summed E-state index contributed by atoms with van der Waals surface area (Å²) in [6.45, 7) is 1.72. The number of carbonyl (C=O) groups is 2. The van der Waals surface area contributed by atoms with Crippen LogP contribution in [0.2, 0.25) is 0 Å². The molecule has 11 heteroatoms. The number of benzene rings is 3. The number of nitrogens with one attached hydrogen (secondary N) is 1. The van der Waals surface area contributed by atoms with Gasteiger partial charge in [-0.3, -0.25) is 4.79 Å². The van der Waals surface area contributed by atoms with Crippen LogP contribution in [-0.2, 0) is 32.4 Å². The van der Waals surface area contributed by atoms with E-state index in [0.29, 0.717) is 12.0 Å². The maximum Gasteiger partial charge on any atom is 0.471 e. The molecule has 0 fully saturated rings. The molecular weight excluding hydrogens is 523 g/mol. The van der Waals surface area contributed by atoms with Crippen LogP contribution in [0.3, 0.4) is 0 Å². The first-order chi connectivity index (χ1) is 18.0. The number of sulfone groups is 1. The van der Waals surface area contributed by atoms with Crippen LogP contribution in [0.15, 0.2) is 82.6 Å². The third kappa shape index (κ3) is 7.58. The molecule has 3 aromatic rings. The van der Waals surface area contributed by atoms with E-state index in [-0.39, 0.29) is 47.3 Å². The summed E-state index contributed by atoms with van der Waals surface area (Å²) in [5.41, 5.74) is 1.52. The molecular formula is C27H26F3NO6S. The second-order valence-electron chi connectivity index (χ2n) is 8.16. The van der Waals surface area contributed by atoms with Crippen molar-refractivity contribution in [1.82, 2.24) is 5.32 Å². The zero-order valence-electron chi connectivity index (χ0n) is 20.5. The smallest absolute Gasteiger partial charge is 0.471 e. The Kier molecular flexibility index (Phi) is 9.51. The minimum Gasteiger partial charge on any atom is -0.488 e. The summed E-state index contributed by atoms with van der Waals surface area (Å²) in [4.78, 5) is 23.3. The number of aryl methyl sites for hydroxylation is 1. The van der Waals surface area contributed by atoms with Gasteiger partial charge in [0.15, 0.2) is 0 Å². The lowest BCUT2D eigenvalue weighted by atomic mass is 10.1. The molecule has 0 bridgehead atoms. The van der Waals surface area contributed by atoms with Gasteiger partial charge in [0.2, 0.25) is 9.84 Å². The van der Waals surface area contributed by atoms with Crippen LogP contribution < -0.4 is 10.1 Å². The number of halogens is 3. The number of hydrogen-bond donors (Lipinski definition) is 1. The molecule has 1 amide bonds. The van der Waals surface area contributed by atoms with Gasteiger partial charge in [-0.1, -0.05) is 42.5 Å². The summed E-state index contributed by atoms with van der Waals surface area (Å²) in [7, 11) is -4.01. The predicted molar refractivity (Wildman–Crippen MR) is 132 cm³/mol. The number of ether oxygens (including phenoxy) is 2. The average molecular weight is 550 g/mol. The zero-order chi connectivity index (χ0) is 27.8. The summed E-state index contributed by atoms with van der Waals surface area (Å²) >= 11 is 0. The van der Waals surface area contributed by atoms with Crippen LogP contribution in [0.4, 0.5) is 13.2 Å². The van der Waals surface area contributed by atoms with Crippen LogP contribution in [-0.4, -0.2) is 39.6 Å². The van der Waals surface area contributed by atoms with Gasteiger partial charge < -0.3 is 14.8 Å². The van der Waals surface area contributed by atoms with E-state index in [1.165, 1.54) is 30.3 Å². The number of esters is 1. The van der Waals surface area contributed by atoms with Crippen molar-refractivity contribution in [2.45, 2.75) is 42.3 Å². The lowest BCUT2D eigenvalue weighted by molar-refractivity contribution is -0.173. The van der Waals surface area contributed by atoms with E-state index in [2.05, 4.69) is 0 Å². The number of carbonyl (C=O) groups excluding carboxylic acids is 2. The highest BCUT2D eigenvalue weighted by Crippen LogP contribution is 2.28. The van der Waals surface area contributed by atoms with E-state index in [0.717, 1.165) is 5.56 Å². The summed E-state index contributed by atoms with van der Waals surface area (Å²) in [6, 6.07) is 19.1. The lowest BCUT2D eigenvalue weighted by Crippen LogP contribution is -2.37. The van der Waals surface area contributed by atoms with E-state index >= 15 is 0 Å². The summed E-state index contributed by atoms with van der Waals surface area (Å²) < 4.78 is 74.1. The van der Waals surface area contributed by atoms with Gasteiger partial charge in [0.25, 0.3) is 0 Å². The van der Waals surface area contributed by atoms with Gasteiger partial charge >= 0.3 is 18.1 Å². The quantitative estimate of drug-likeness (QED) is 0.270. The Morgan fingerprint density at radius 1 is 0.895 bits per heavy atom. The summed E-state index contributed by atoms with van der Waals surface area (Å²) in [5.74, 6) is -2.54. The Bertz CT molecular complexity index is 1360. The van der Waals surface area contributed by atoms with Gasteiger partial charge in [-0.2, -0.15) is 13.2 Å². The van der Waals surface area contributed by atoms with Gasteiger partial charge in [-0.25, -0.2) is 13.2 Å². The van der Waals surface area contributed by atoms with Crippen molar-refractivity contribution < 1.29 is 40.7 Å². The SMILES string of the molecule is CCOC(=O)c1cc(S(=O)(=O)c2ccc(CCCNC(=O)C(F)(F)F)cc2)ccc1OCc1ccccc1. The van der Waals surface area contributed by atoms with Gasteiger partial charge in [-0.05, 0) is 61.2 Å². The van der Waals surface area contributed by atoms with Crippen molar-refractivity contribution in [2.75, 3.05) is 13.2 Å². The Morgan fingerprint density at radius 3 is 2.18 bits per heavy atom. The van der Waals surface area contributed by atoms with Crippen molar-refractivity contribution >= 4 is 21.7 Å². The normalized spacial score (nSPS) is 11.6. The fourth-order valence-electron chi connectivity index (χ4n) is 3.47. The first kappa shape index (κ1) is 28.7. The number of hydrogen-bond acceptors (Lipinski definition) is 6. The molecule has 0 aromatic heterocycles. The molecule has 0 saturated heterocycles. The molecule has 7 nitrogen and oxygen atoms in total. The highest BCUT2D eigenvalue weighted by Gasteiger charge is 2.38.